The number of nitrogens with two attached hydrogens (primary N) is 1. The Kier molecular flexibility index (Phi) is 2.40. The third-order valence-corrected chi connectivity index (χ3v) is 4.24. The van der Waals surface area contributed by atoms with Crippen molar-refractivity contribution < 1.29 is 0 Å². The first-order chi connectivity index (χ1) is 7.79. The van der Waals surface area contributed by atoms with Crippen LogP contribution in [0.15, 0.2) is 18.2 Å². The van der Waals surface area contributed by atoms with Gasteiger partial charge in [0.2, 0.25) is 0 Å². The number of rotatable bonds is 1. The van der Waals surface area contributed by atoms with Crippen LogP contribution in [-0.4, -0.2) is 19.1 Å². The lowest BCUT2D eigenvalue weighted by Crippen LogP contribution is -2.39. The molecule has 0 amide bonds. The van der Waals surface area contributed by atoms with E-state index in [4.69, 9.17) is 5.73 Å². The Labute approximate surface area is 97.4 Å². The number of nitrogens with zero attached hydrogens (tertiary/aromatic N) is 1. The fourth-order valence-electron chi connectivity index (χ4n) is 3.38. The van der Waals surface area contributed by atoms with Gasteiger partial charge in [0.25, 0.3) is 0 Å². The van der Waals surface area contributed by atoms with Crippen LogP contribution in [0.4, 0.5) is 5.69 Å². The molecule has 0 bridgehead atoms. The van der Waals surface area contributed by atoms with Crippen LogP contribution in [0.3, 0.4) is 0 Å². The van der Waals surface area contributed by atoms with E-state index in [-0.39, 0.29) is 0 Å². The van der Waals surface area contributed by atoms with E-state index >= 15 is 0 Å². The Balaban J connectivity index is 1.96. The molecule has 1 aromatic rings. The second-order valence-corrected chi connectivity index (χ2v) is 5.22. The summed E-state index contributed by atoms with van der Waals surface area (Å²) in [4.78, 5) is 2.59. The maximum absolute atomic E-state index is 5.86. The number of anilines is 1. The fraction of sp³-hybridized carbons (Fsp3) is 0.571. The summed E-state index contributed by atoms with van der Waals surface area (Å²) >= 11 is 0. The Bertz CT molecular complexity index is 400. The van der Waals surface area contributed by atoms with Crippen molar-refractivity contribution >= 4 is 5.69 Å². The van der Waals surface area contributed by atoms with Crippen molar-refractivity contribution in [2.24, 2.45) is 11.7 Å². The molecular weight excluding hydrogens is 196 g/mol. The molecule has 16 heavy (non-hydrogen) atoms. The molecule has 86 valence electrons. The molecule has 2 unspecified atom stereocenters. The largest absolute Gasteiger partial charge is 0.368 e. The molecule has 2 heterocycles. The van der Waals surface area contributed by atoms with Crippen LogP contribution < -0.4 is 10.6 Å². The van der Waals surface area contributed by atoms with Gasteiger partial charge < -0.3 is 10.6 Å². The third kappa shape index (κ3) is 1.44. The van der Waals surface area contributed by atoms with Gasteiger partial charge in [0, 0.05) is 18.3 Å². The van der Waals surface area contributed by atoms with Crippen molar-refractivity contribution in [3.05, 3.63) is 29.3 Å². The van der Waals surface area contributed by atoms with Crippen LogP contribution in [0.2, 0.25) is 0 Å². The lowest BCUT2D eigenvalue weighted by Gasteiger charge is -2.36. The average Bonchev–Trinajstić information content (AvgIpc) is 2.71. The molecule has 0 aromatic heterocycles. The highest BCUT2D eigenvalue weighted by molar-refractivity contribution is 5.58. The van der Waals surface area contributed by atoms with Gasteiger partial charge in [-0.15, -0.1) is 0 Å². The van der Waals surface area contributed by atoms with E-state index in [0.29, 0.717) is 6.04 Å². The first kappa shape index (κ1) is 10.2. The molecule has 0 radical (unpaired) electrons. The molecular formula is C14H20N2. The van der Waals surface area contributed by atoms with Crippen molar-refractivity contribution in [3.63, 3.8) is 0 Å². The minimum atomic E-state index is 0.709. The summed E-state index contributed by atoms with van der Waals surface area (Å²) in [5, 5.41) is 0. The van der Waals surface area contributed by atoms with Gasteiger partial charge in [0.15, 0.2) is 0 Å². The minimum Gasteiger partial charge on any atom is -0.368 e. The molecule has 1 fully saturated rings. The zero-order valence-corrected chi connectivity index (χ0v) is 9.95. The second-order valence-electron chi connectivity index (χ2n) is 5.22. The van der Waals surface area contributed by atoms with Crippen LogP contribution in [0.5, 0.6) is 0 Å². The van der Waals surface area contributed by atoms with Crippen molar-refractivity contribution in [2.75, 3.05) is 18.0 Å². The van der Waals surface area contributed by atoms with Gasteiger partial charge in [0.05, 0.1) is 0 Å². The Hall–Kier alpha value is -1.02. The van der Waals surface area contributed by atoms with Crippen LogP contribution in [-0.2, 0) is 6.42 Å². The van der Waals surface area contributed by atoms with Crippen molar-refractivity contribution in [1.82, 2.24) is 0 Å². The van der Waals surface area contributed by atoms with Crippen LogP contribution in [0.1, 0.15) is 24.0 Å². The highest BCUT2D eigenvalue weighted by Crippen LogP contribution is 2.38. The number of fused-ring (bicyclic) bond motifs is 3. The van der Waals surface area contributed by atoms with Gasteiger partial charge >= 0.3 is 0 Å². The molecule has 3 rings (SSSR count). The van der Waals surface area contributed by atoms with E-state index < -0.39 is 0 Å². The molecule has 0 spiro atoms. The zero-order valence-electron chi connectivity index (χ0n) is 9.95. The molecule has 1 aromatic carbocycles. The van der Waals surface area contributed by atoms with Crippen molar-refractivity contribution in [2.45, 2.75) is 32.2 Å². The van der Waals surface area contributed by atoms with E-state index in [1.807, 2.05) is 0 Å². The SMILES string of the molecule is Cc1ccc2c(c1)CCC1C(CN)CCN21. The quantitative estimate of drug-likeness (QED) is 0.779. The molecule has 0 saturated carbocycles. The predicted molar refractivity (Wildman–Crippen MR) is 67.8 cm³/mol. The standard InChI is InChI=1S/C14H20N2/c1-10-2-4-13-11(8-10)3-5-14-12(9-15)6-7-16(13)14/h2,4,8,12,14H,3,5-7,9,15H2,1H3. The van der Waals surface area contributed by atoms with Gasteiger partial charge in [-0.3, -0.25) is 0 Å². The fourth-order valence-corrected chi connectivity index (χ4v) is 3.38. The monoisotopic (exact) mass is 216 g/mol. The van der Waals surface area contributed by atoms with Crippen molar-refractivity contribution in [3.8, 4) is 0 Å². The van der Waals surface area contributed by atoms with Gasteiger partial charge in [-0.25, -0.2) is 0 Å². The normalized spacial score (nSPS) is 27.8. The van der Waals surface area contributed by atoms with Crippen LogP contribution in [0, 0.1) is 12.8 Å². The van der Waals surface area contributed by atoms with Gasteiger partial charge in [-0.05, 0) is 50.3 Å². The first-order valence-electron chi connectivity index (χ1n) is 6.36. The summed E-state index contributed by atoms with van der Waals surface area (Å²) in [6.07, 6.45) is 3.79. The van der Waals surface area contributed by atoms with Gasteiger partial charge in [-0.2, -0.15) is 0 Å². The highest BCUT2D eigenvalue weighted by atomic mass is 15.2. The maximum atomic E-state index is 5.86. The molecule has 2 N–H and O–H groups in total. The highest BCUT2D eigenvalue weighted by Gasteiger charge is 2.36. The molecule has 2 aliphatic rings. The van der Waals surface area contributed by atoms with E-state index in [1.54, 1.807) is 0 Å². The summed E-state index contributed by atoms with van der Waals surface area (Å²) in [5.41, 5.74) is 10.2. The molecule has 0 aliphatic carbocycles. The lowest BCUT2D eigenvalue weighted by atomic mass is 9.90. The zero-order chi connectivity index (χ0) is 11.1. The summed E-state index contributed by atoms with van der Waals surface area (Å²) in [7, 11) is 0. The summed E-state index contributed by atoms with van der Waals surface area (Å²) in [5.74, 6) is 0.717. The summed E-state index contributed by atoms with van der Waals surface area (Å²) < 4.78 is 0. The Morgan fingerprint density at radius 1 is 1.38 bits per heavy atom. The van der Waals surface area contributed by atoms with E-state index in [1.165, 1.54) is 42.6 Å². The number of hydrogen-bond acceptors (Lipinski definition) is 2. The minimum absolute atomic E-state index is 0.709. The van der Waals surface area contributed by atoms with E-state index in [0.717, 1.165) is 12.5 Å². The average molecular weight is 216 g/mol. The summed E-state index contributed by atoms with van der Waals surface area (Å²) in [6.45, 7) is 4.23. The lowest BCUT2D eigenvalue weighted by molar-refractivity contribution is 0.446. The van der Waals surface area contributed by atoms with Gasteiger partial charge in [-0.1, -0.05) is 17.7 Å². The number of aryl methyl sites for hydroxylation is 2. The topological polar surface area (TPSA) is 29.3 Å². The Morgan fingerprint density at radius 3 is 3.06 bits per heavy atom. The van der Waals surface area contributed by atoms with E-state index in [9.17, 15) is 0 Å². The van der Waals surface area contributed by atoms with Crippen LogP contribution >= 0.6 is 0 Å². The molecule has 2 atom stereocenters. The first-order valence-corrected chi connectivity index (χ1v) is 6.36. The molecule has 2 heteroatoms. The molecule has 2 aliphatic heterocycles. The molecule has 1 saturated heterocycles. The van der Waals surface area contributed by atoms with Crippen LogP contribution in [0.25, 0.3) is 0 Å². The smallest absolute Gasteiger partial charge is 0.0401 e. The number of benzene rings is 1. The third-order valence-electron chi connectivity index (χ3n) is 4.24. The Morgan fingerprint density at radius 2 is 2.25 bits per heavy atom. The second kappa shape index (κ2) is 3.77. The predicted octanol–water partition coefficient (Wildman–Crippen LogP) is 2.09. The number of hydrogen-bond donors (Lipinski definition) is 1. The van der Waals surface area contributed by atoms with E-state index in [2.05, 4.69) is 30.0 Å². The summed E-state index contributed by atoms with van der Waals surface area (Å²) in [6, 6.07) is 7.59. The maximum Gasteiger partial charge on any atom is 0.0401 e. The molecule has 2 nitrogen and oxygen atoms in total. The van der Waals surface area contributed by atoms with Crippen molar-refractivity contribution in [1.29, 1.82) is 0 Å². The van der Waals surface area contributed by atoms with Gasteiger partial charge in [0.1, 0.15) is 0 Å².